The summed E-state index contributed by atoms with van der Waals surface area (Å²) >= 11 is 0. The van der Waals surface area contributed by atoms with Crippen molar-refractivity contribution in [3.05, 3.63) is 24.3 Å². The molecule has 5 heteroatoms. The summed E-state index contributed by atoms with van der Waals surface area (Å²) in [4.78, 5) is 0. The molecule has 0 aromatic heterocycles. The number of hydrogen-bond donors (Lipinski definition) is 2. The maximum absolute atomic E-state index is 11.1. The van der Waals surface area contributed by atoms with E-state index in [1.165, 1.54) is 25.7 Å². The van der Waals surface area contributed by atoms with Gasteiger partial charge in [0.05, 0.1) is 6.26 Å². The molecule has 1 aromatic rings. The van der Waals surface area contributed by atoms with Crippen molar-refractivity contribution >= 4 is 21.4 Å². The third-order valence-corrected chi connectivity index (χ3v) is 3.86. The van der Waals surface area contributed by atoms with E-state index in [1.54, 1.807) is 12.1 Å². The van der Waals surface area contributed by atoms with E-state index < -0.39 is 10.0 Å². The summed E-state index contributed by atoms with van der Waals surface area (Å²) in [5, 5.41) is 3.40. The fraction of sp³-hybridized carbons (Fsp3) is 0.538. The van der Waals surface area contributed by atoms with Gasteiger partial charge in [-0.3, -0.25) is 4.72 Å². The first-order valence-electron chi connectivity index (χ1n) is 6.35. The van der Waals surface area contributed by atoms with E-state index in [0.29, 0.717) is 5.69 Å². The quantitative estimate of drug-likeness (QED) is 0.863. The molecule has 0 spiro atoms. The van der Waals surface area contributed by atoms with Crippen LogP contribution in [-0.2, 0) is 10.0 Å². The average Bonchev–Trinajstić information content (AvgIpc) is 2.79. The molecule has 1 fully saturated rings. The first kappa shape index (κ1) is 13.2. The minimum atomic E-state index is -3.19. The van der Waals surface area contributed by atoms with Gasteiger partial charge in [0.2, 0.25) is 10.0 Å². The highest BCUT2D eigenvalue weighted by molar-refractivity contribution is 7.92. The third kappa shape index (κ3) is 4.22. The molecule has 0 amide bonds. The summed E-state index contributed by atoms with van der Waals surface area (Å²) < 4.78 is 24.6. The number of benzene rings is 1. The second kappa shape index (κ2) is 5.61. The number of rotatable bonds is 5. The molecule has 1 aliphatic carbocycles. The standard InChI is InChI=1S/C13H20N2O2S/c1-18(16,17)15-13-8-6-12(7-9-13)14-10-11-4-2-3-5-11/h6-9,11,14-15H,2-5,10H2,1H3. The summed E-state index contributed by atoms with van der Waals surface area (Å²) in [6, 6.07) is 7.36. The van der Waals surface area contributed by atoms with Gasteiger partial charge in [0.25, 0.3) is 0 Å². The van der Waals surface area contributed by atoms with Crippen LogP contribution in [-0.4, -0.2) is 21.2 Å². The van der Waals surface area contributed by atoms with Crippen LogP contribution in [0.1, 0.15) is 25.7 Å². The maximum atomic E-state index is 11.1. The van der Waals surface area contributed by atoms with E-state index in [4.69, 9.17) is 0 Å². The van der Waals surface area contributed by atoms with Gasteiger partial charge in [0, 0.05) is 17.9 Å². The van der Waals surface area contributed by atoms with Crippen LogP contribution in [0.15, 0.2) is 24.3 Å². The molecule has 2 N–H and O–H groups in total. The third-order valence-electron chi connectivity index (χ3n) is 3.26. The molecule has 4 nitrogen and oxygen atoms in total. The highest BCUT2D eigenvalue weighted by atomic mass is 32.2. The van der Waals surface area contributed by atoms with E-state index in [9.17, 15) is 8.42 Å². The van der Waals surface area contributed by atoms with Crippen molar-refractivity contribution in [1.29, 1.82) is 0 Å². The molecule has 0 radical (unpaired) electrons. The van der Waals surface area contributed by atoms with E-state index in [-0.39, 0.29) is 0 Å². The highest BCUT2D eigenvalue weighted by Crippen LogP contribution is 2.25. The molecule has 0 unspecified atom stereocenters. The molecular weight excluding hydrogens is 248 g/mol. The molecular formula is C13H20N2O2S. The van der Waals surface area contributed by atoms with Gasteiger partial charge in [-0.25, -0.2) is 8.42 Å². The number of anilines is 2. The summed E-state index contributed by atoms with van der Waals surface area (Å²) in [5.41, 5.74) is 1.64. The molecule has 0 bridgehead atoms. The van der Waals surface area contributed by atoms with Gasteiger partial charge in [-0.1, -0.05) is 12.8 Å². The van der Waals surface area contributed by atoms with Crippen molar-refractivity contribution < 1.29 is 8.42 Å². The van der Waals surface area contributed by atoms with Crippen LogP contribution >= 0.6 is 0 Å². The fourth-order valence-electron chi connectivity index (χ4n) is 2.35. The Morgan fingerprint density at radius 2 is 1.67 bits per heavy atom. The Morgan fingerprint density at radius 3 is 2.22 bits per heavy atom. The zero-order chi connectivity index (χ0) is 13.0. The molecule has 0 aliphatic heterocycles. The second-order valence-electron chi connectivity index (χ2n) is 4.98. The van der Waals surface area contributed by atoms with Gasteiger partial charge < -0.3 is 5.32 Å². The Hall–Kier alpha value is -1.23. The molecule has 18 heavy (non-hydrogen) atoms. The molecule has 1 saturated carbocycles. The minimum absolute atomic E-state index is 0.601. The average molecular weight is 268 g/mol. The van der Waals surface area contributed by atoms with E-state index in [2.05, 4.69) is 10.0 Å². The molecule has 0 saturated heterocycles. The first-order valence-corrected chi connectivity index (χ1v) is 8.24. The lowest BCUT2D eigenvalue weighted by molar-refractivity contribution is 0.580. The summed E-state index contributed by atoms with van der Waals surface area (Å²) in [5.74, 6) is 0.791. The van der Waals surface area contributed by atoms with Crippen LogP contribution in [0.5, 0.6) is 0 Å². The summed E-state index contributed by atoms with van der Waals surface area (Å²) in [6.07, 6.45) is 6.49. The van der Waals surface area contributed by atoms with Crippen molar-refractivity contribution in [2.24, 2.45) is 5.92 Å². The predicted octanol–water partition coefficient (Wildman–Crippen LogP) is 2.66. The fourth-order valence-corrected chi connectivity index (χ4v) is 2.91. The Labute approximate surface area is 109 Å². The van der Waals surface area contributed by atoms with Crippen molar-refractivity contribution in [3.8, 4) is 0 Å². The smallest absolute Gasteiger partial charge is 0.229 e. The maximum Gasteiger partial charge on any atom is 0.229 e. The Balaban J connectivity index is 1.87. The van der Waals surface area contributed by atoms with Crippen LogP contribution in [0, 0.1) is 5.92 Å². The summed E-state index contributed by atoms with van der Waals surface area (Å²) in [6.45, 7) is 1.01. The zero-order valence-corrected chi connectivity index (χ0v) is 11.5. The number of nitrogens with one attached hydrogen (secondary N) is 2. The monoisotopic (exact) mass is 268 g/mol. The number of sulfonamides is 1. The second-order valence-corrected chi connectivity index (χ2v) is 6.73. The molecule has 1 aliphatic rings. The minimum Gasteiger partial charge on any atom is -0.385 e. The van der Waals surface area contributed by atoms with E-state index in [0.717, 1.165) is 24.4 Å². The Morgan fingerprint density at radius 1 is 1.11 bits per heavy atom. The van der Waals surface area contributed by atoms with E-state index >= 15 is 0 Å². The normalized spacial score (nSPS) is 16.7. The zero-order valence-electron chi connectivity index (χ0n) is 10.6. The van der Waals surface area contributed by atoms with Crippen molar-refractivity contribution in [1.82, 2.24) is 0 Å². The van der Waals surface area contributed by atoms with Crippen LogP contribution in [0.3, 0.4) is 0 Å². The van der Waals surface area contributed by atoms with Crippen LogP contribution in [0.4, 0.5) is 11.4 Å². The molecule has 0 heterocycles. The summed E-state index contributed by atoms with van der Waals surface area (Å²) in [7, 11) is -3.19. The Bertz CT molecular complexity index is 476. The van der Waals surface area contributed by atoms with Crippen LogP contribution in [0.25, 0.3) is 0 Å². The Kier molecular flexibility index (Phi) is 4.11. The molecule has 1 aromatic carbocycles. The lowest BCUT2D eigenvalue weighted by Crippen LogP contribution is -2.11. The van der Waals surface area contributed by atoms with Crippen molar-refractivity contribution in [3.63, 3.8) is 0 Å². The highest BCUT2D eigenvalue weighted by Gasteiger charge is 2.14. The molecule has 100 valence electrons. The number of hydrogen-bond acceptors (Lipinski definition) is 3. The van der Waals surface area contributed by atoms with Crippen molar-refractivity contribution in [2.75, 3.05) is 22.8 Å². The van der Waals surface area contributed by atoms with Gasteiger partial charge in [0.15, 0.2) is 0 Å². The van der Waals surface area contributed by atoms with Crippen LogP contribution in [0.2, 0.25) is 0 Å². The molecule has 0 atom stereocenters. The first-order chi connectivity index (χ1) is 8.53. The van der Waals surface area contributed by atoms with Gasteiger partial charge in [0.1, 0.15) is 0 Å². The lowest BCUT2D eigenvalue weighted by atomic mass is 10.1. The SMILES string of the molecule is CS(=O)(=O)Nc1ccc(NCC2CCCC2)cc1. The van der Waals surface area contributed by atoms with Gasteiger partial charge in [-0.15, -0.1) is 0 Å². The largest absolute Gasteiger partial charge is 0.385 e. The predicted molar refractivity (Wildman–Crippen MR) is 75.4 cm³/mol. The lowest BCUT2D eigenvalue weighted by Gasteiger charge is -2.12. The molecule has 2 rings (SSSR count). The van der Waals surface area contributed by atoms with Crippen molar-refractivity contribution in [2.45, 2.75) is 25.7 Å². The van der Waals surface area contributed by atoms with Gasteiger partial charge >= 0.3 is 0 Å². The topological polar surface area (TPSA) is 58.2 Å². The van der Waals surface area contributed by atoms with Crippen LogP contribution < -0.4 is 10.0 Å². The van der Waals surface area contributed by atoms with E-state index in [1.807, 2.05) is 12.1 Å². The van der Waals surface area contributed by atoms with Gasteiger partial charge in [-0.05, 0) is 43.0 Å². The van der Waals surface area contributed by atoms with Gasteiger partial charge in [-0.2, -0.15) is 0 Å².